The number of carbonyl (C=O) groups excluding carboxylic acids is 1. The van der Waals surface area contributed by atoms with Gasteiger partial charge in [0.1, 0.15) is 12.4 Å². The predicted molar refractivity (Wildman–Crippen MR) is 176 cm³/mol. The maximum Gasteiger partial charge on any atom is 0.338 e. The molecule has 0 spiro atoms. The van der Waals surface area contributed by atoms with Crippen LogP contribution in [0.4, 0.5) is 5.69 Å². The Morgan fingerprint density at radius 2 is 1.75 bits per heavy atom. The van der Waals surface area contributed by atoms with Gasteiger partial charge in [0.05, 0.1) is 28.5 Å². The fourth-order valence-corrected chi connectivity index (χ4v) is 6.53. The summed E-state index contributed by atoms with van der Waals surface area (Å²) < 4.78 is 13.7. The van der Waals surface area contributed by atoms with Crippen molar-refractivity contribution < 1.29 is 14.3 Å². The average Bonchev–Trinajstić information content (AvgIpc) is 3.33. The summed E-state index contributed by atoms with van der Waals surface area (Å²) in [6.07, 6.45) is 1.85. The lowest BCUT2D eigenvalue weighted by Crippen LogP contribution is -2.39. The Kier molecular flexibility index (Phi) is 8.17. The van der Waals surface area contributed by atoms with Crippen LogP contribution in [0, 0.1) is 0 Å². The highest BCUT2D eigenvalue weighted by molar-refractivity contribution is 7.07. The summed E-state index contributed by atoms with van der Waals surface area (Å²) in [6.45, 7) is 4.21. The number of fused-ring (bicyclic) bond motifs is 2. The maximum atomic E-state index is 14.0. The van der Waals surface area contributed by atoms with E-state index < -0.39 is 12.0 Å². The van der Waals surface area contributed by atoms with Gasteiger partial charge in [-0.25, -0.2) is 9.79 Å². The molecule has 0 radical (unpaired) electrons. The quantitative estimate of drug-likeness (QED) is 0.216. The third-order valence-corrected chi connectivity index (χ3v) is 8.66. The summed E-state index contributed by atoms with van der Waals surface area (Å²) in [6, 6.07) is 29.4. The minimum absolute atomic E-state index is 0.216. The van der Waals surface area contributed by atoms with Crippen molar-refractivity contribution >= 4 is 39.8 Å². The second-order valence-electron chi connectivity index (χ2n) is 10.8. The van der Waals surface area contributed by atoms with Crippen molar-refractivity contribution in [2.45, 2.75) is 26.5 Å². The summed E-state index contributed by atoms with van der Waals surface area (Å²) in [5.74, 6) is 0.236. The molecule has 0 amide bonds. The van der Waals surface area contributed by atoms with Crippen LogP contribution < -0.4 is 24.5 Å². The Morgan fingerprint density at radius 1 is 1.00 bits per heavy atom. The highest BCUT2D eigenvalue weighted by atomic mass is 32.1. The smallest absolute Gasteiger partial charge is 0.338 e. The Bertz CT molecular complexity index is 2070. The van der Waals surface area contributed by atoms with Crippen molar-refractivity contribution in [1.82, 2.24) is 4.57 Å². The van der Waals surface area contributed by atoms with E-state index in [1.807, 2.05) is 91.8 Å². The van der Waals surface area contributed by atoms with Crippen LogP contribution in [0.15, 0.2) is 112 Å². The van der Waals surface area contributed by atoms with Crippen LogP contribution in [0.25, 0.3) is 16.8 Å². The summed E-state index contributed by atoms with van der Waals surface area (Å²) in [5.41, 5.74) is 4.46. The molecular formula is C36H33N3O4S. The Morgan fingerprint density at radius 3 is 2.52 bits per heavy atom. The number of carbonyl (C=O) groups is 1. The molecule has 2 heterocycles. The summed E-state index contributed by atoms with van der Waals surface area (Å²) in [7, 11) is 3.94. The number of anilines is 1. The van der Waals surface area contributed by atoms with Crippen molar-refractivity contribution in [1.29, 1.82) is 0 Å². The Labute approximate surface area is 259 Å². The number of rotatable bonds is 8. The van der Waals surface area contributed by atoms with E-state index in [1.54, 1.807) is 18.4 Å². The zero-order valence-electron chi connectivity index (χ0n) is 25.1. The number of aromatic nitrogens is 1. The number of benzene rings is 4. The van der Waals surface area contributed by atoms with Gasteiger partial charge in [0, 0.05) is 19.8 Å². The number of hydrogen-bond donors (Lipinski definition) is 0. The summed E-state index contributed by atoms with van der Waals surface area (Å²) in [5, 5.41) is 2.33. The van der Waals surface area contributed by atoms with E-state index in [-0.39, 0.29) is 12.2 Å². The van der Waals surface area contributed by atoms with Gasteiger partial charge in [-0.15, -0.1) is 0 Å². The molecule has 0 aliphatic carbocycles. The monoisotopic (exact) mass is 603 g/mol. The first-order valence-electron chi connectivity index (χ1n) is 14.5. The van der Waals surface area contributed by atoms with Crippen molar-refractivity contribution in [3.63, 3.8) is 0 Å². The van der Waals surface area contributed by atoms with Crippen LogP contribution in [0.1, 0.15) is 36.6 Å². The summed E-state index contributed by atoms with van der Waals surface area (Å²) >= 11 is 1.30. The molecule has 7 nitrogen and oxygen atoms in total. The molecule has 1 aliphatic rings. The molecule has 0 N–H and O–H groups in total. The molecule has 4 aromatic carbocycles. The fraction of sp³-hybridized carbons (Fsp3) is 0.194. The number of hydrogen-bond acceptors (Lipinski definition) is 7. The molecular weight excluding hydrogens is 570 g/mol. The van der Waals surface area contributed by atoms with E-state index in [2.05, 4.69) is 29.3 Å². The van der Waals surface area contributed by atoms with E-state index in [1.165, 1.54) is 16.7 Å². The topological polar surface area (TPSA) is 73.1 Å². The number of allylic oxidation sites excluding steroid dienone is 1. The molecule has 222 valence electrons. The van der Waals surface area contributed by atoms with Gasteiger partial charge in [-0.05, 0) is 71.7 Å². The third-order valence-electron chi connectivity index (χ3n) is 7.67. The normalized spacial score (nSPS) is 14.7. The molecule has 0 saturated carbocycles. The largest absolute Gasteiger partial charge is 0.489 e. The lowest BCUT2D eigenvalue weighted by atomic mass is 9.95. The Balaban J connectivity index is 1.36. The van der Waals surface area contributed by atoms with Crippen LogP contribution in [0.2, 0.25) is 0 Å². The molecule has 0 bridgehead atoms. The zero-order chi connectivity index (χ0) is 30.8. The molecule has 1 atom stereocenters. The van der Waals surface area contributed by atoms with Gasteiger partial charge in [0.2, 0.25) is 0 Å². The van der Waals surface area contributed by atoms with Crippen LogP contribution >= 0.6 is 11.3 Å². The average molecular weight is 604 g/mol. The van der Waals surface area contributed by atoms with Crippen molar-refractivity contribution in [3.8, 4) is 5.75 Å². The van der Waals surface area contributed by atoms with Gasteiger partial charge in [-0.3, -0.25) is 9.36 Å². The molecule has 0 unspecified atom stereocenters. The minimum Gasteiger partial charge on any atom is -0.489 e. The van der Waals surface area contributed by atoms with Gasteiger partial charge in [-0.1, -0.05) is 78.1 Å². The fourth-order valence-electron chi connectivity index (χ4n) is 5.49. The van der Waals surface area contributed by atoms with Crippen LogP contribution in [-0.2, 0) is 16.1 Å². The molecule has 1 aliphatic heterocycles. The standard InChI is InChI=1S/C36H33N3O4S/c1-5-42-35(41)32-23(2)37-36-39(33(32)26-16-18-28(19-17-26)38(3)4)34(40)31(44-36)21-24-10-8-14-29(20-24)43-22-27-13-9-12-25-11-6-7-15-30(25)27/h6-21,33H,5,22H2,1-4H3/b31-21-/t33-/m0/s1. The molecule has 44 heavy (non-hydrogen) atoms. The molecule has 8 heteroatoms. The van der Waals surface area contributed by atoms with Gasteiger partial charge in [0.25, 0.3) is 5.56 Å². The van der Waals surface area contributed by atoms with E-state index >= 15 is 0 Å². The summed E-state index contributed by atoms with van der Waals surface area (Å²) in [4.78, 5) is 34.4. The van der Waals surface area contributed by atoms with E-state index in [9.17, 15) is 9.59 Å². The first-order valence-corrected chi connectivity index (χ1v) is 15.3. The van der Waals surface area contributed by atoms with Gasteiger partial charge in [-0.2, -0.15) is 0 Å². The van der Waals surface area contributed by atoms with Crippen molar-refractivity contribution in [3.05, 3.63) is 139 Å². The minimum atomic E-state index is -0.654. The number of thiazole rings is 1. The van der Waals surface area contributed by atoms with Crippen molar-refractivity contribution in [2.24, 2.45) is 4.99 Å². The first-order chi connectivity index (χ1) is 21.3. The second kappa shape index (κ2) is 12.3. The number of nitrogens with zero attached hydrogens (tertiary/aromatic N) is 3. The van der Waals surface area contributed by atoms with Gasteiger partial charge < -0.3 is 14.4 Å². The predicted octanol–water partition coefficient (Wildman–Crippen LogP) is 5.60. The van der Waals surface area contributed by atoms with E-state index in [4.69, 9.17) is 9.47 Å². The molecule has 0 saturated heterocycles. The van der Waals surface area contributed by atoms with Gasteiger partial charge in [0.15, 0.2) is 4.80 Å². The lowest BCUT2D eigenvalue weighted by Gasteiger charge is -2.25. The third kappa shape index (κ3) is 5.68. The second-order valence-corrected chi connectivity index (χ2v) is 11.8. The highest BCUT2D eigenvalue weighted by Gasteiger charge is 2.33. The highest BCUT2D eigenvalue weighted by Crippen LogP contribution is 2.31. The van der Waals surface area contributed by atoms with E-state index in [0.29, 0.717) is 33.0 Å². The molecule has 5 aromatic rings. The number of esters is 1. The van der Waals surface area contributed by atoms with Crippen LogP contribution in [-0.4, -0.2) is 31.2 Å². The molecule has 6 rings (SSSR count). The van der Waals surface area contributed by atoms with Crippen molar-refractivity contribution in [2.75, 3.05) is 25.6 Å². The Hall–Kier alpha value is -4.95. The van der Waals surface area contributed by atoms with Crippen LogP contribution in [0.5, 0.6) is 5.75 Å². The SMILES string of the molecule is CCOC(=O)C1=C(C)N=c2s/c(=C\c3cccc(OCc4cccc5ccccc45)c3)c(=O)n2[C@H]1c1ccc(N(C)C)cc1. The molecule has 1 aromatic heterocycles. The maximum absolute atomic E-state index is 14.0. The van der Waals surface area contributed by atoms with E-state index in [0.717, 1.165) is 27.8 Å². The molecule has 0 fully saturated rings. The van der Waals surface area contributed by atoms with Gasteiger partial charge >= 0.3 is 5.97 Å². The zero-order valence-corrected chi connectivity index (χ0v) is 25.9. The number of ether oxygens (including phenoxy) is 2. The first kappa shape index (κ1) is 29.1. The lowest BCUT2D eigenvalue weighted by molar-refractivity contribution is -0.139. The van der Waals surface area contributed by atoms with Crippen LogP contribution in [0.3, 0.4) is 0 Å².